The Morgan fingerprint density at radius 1 is 1.04 bits per heavy atom. The average Bonchev–Trinajstić information content (AvgIpc) is 2.61. The van der Waals surface area contributed by atoms with Gasteiger partial charge in [-0.05, 0) is 42.7 Å². The number of benzene rings is 2. The van der Waals surface area contributed by atoms with E-state index in [-0.39, 0.29) is 5.91 Å². The second-order valence-corrected chi connectivity index (χ2v) is 6.08. The molecule has 2 aromatic carbocycles. The lowest BCUT2D eigenvalue weighted by Gasteiger charge is -2.12. The van der Waals surface area contributed by atoms with Gasteiger partial charge in [-0.3, -0.25) is 4.79 Å². The van der Waals surface area contributed by atoms with Crippen molar-refractivity contribution in [2.45, 2.75) is 20.3 Å². The highest BCUT2D eigenvalue weighted by Gasteiger charge is 2.10. The molecular formula is C20H25NO4. The predicted octanol–water partition coefficient (Wildman–Crippen LogP) is 4.38. The quantitative estimate of drug-likeness (QED) is 0.773. The highest BCUT2D eigenvalue weighted by atomic mass is 16.5. The van der Waals surface area contributed by atoms with E-state index in [0.717, 1.165) is 6.42 Å². The zero-order valence-corrected chi connectivity index (χ0v) is 15.2. The monoisotopic (exact) mass is 343 g/mol. The minimum Gasteiger partial charge on any atom is -0.494 e. The molecule has 0 fully saturated rings. The molecule has 0 aliphatic heterocycles. The maximum atomic E-state index is 12.5. The van der Waals surface area contributed by atoms with Crippen molar-refractivity contribution in [1.82, 2.24) is 0 Å². The minimum absolute atomic E-state index is 0.207. The van der Waals surface area contributed by atoms with E-state index in [4.69, 9.17) is 14.2 Å². The van der Waals surface area contributed by atoms with Gasteiger partial charge in [0.15, 0.2) is 11.5 Å². The summed E-state index contributed by atoms with van der Waals surface area (Å²) in [6.07, 6.45) is 0.974. The van der Waals surface area contributed by atoms with Crippen LogP contribution in [-0.4, -0.2) is 26.7 Å². The van der Waals surface area contributed by atoms with E-state index in [9.17, 15) is 4.79 Å². The Kier molecular flexibility index (Phi) is 6.69. The number of ether oxygens (including phenoxy) is 3. The van der Waals surface area contributed by atoms with E-state index in [1.54, 1.807) is 44.6 Å². The molecule has 0 spiro atoms. The van der Waals surface area contributed by atoms with Crippen LogP contribution in [0.3, 0.4) is 0 Å². The van der Waals surface area contributed by atoms with Gasteiger partial charge in [0, 0.05) is 17.3 Å². The fourth-order valence-corrected chi connectivity index (χ4v) is 2.26. The van der Waals surface area contributed by atoms with Crippen molar-refractivity contribution >= 4 is 11.6 Å². The smallest absolute Gasteiger partial charge is 0.255 e. The minimum atomic E-state index is -0.207. The molecule has 134 valence electrons. The van der Waals surface area contributed by atoms with Gasteiger partial charge < -0.3 is 19.5 Å². The van der Waals surface area contributed by atoms with Crippen LogP contribution < -0.4 is 19.5 Å². The molecule has 2 aromatic rings. The summed E-state index contributed by atoms with van der Waals surface area (Å²) in [5.74, 6) is 2.24. The van der Waals surface area contributed by atoms with Crippen LogP contribution in [-0.2, 0) is 0 Å². The number of rotatable bonds is 8. The zero-order valence-electron chi connectivity index (χ0n) is 15.2. The van der Waals surface area contributed by atoms with Crippen molar-refractivity contribution in [3.05, 3.63) is 48.0 Å². The Balaban J connectivity index is 2.05. The summed E-state index contributed by atoms with van der Waals surface area (Å²) >= 11 is 0. The molecule has 1 N–H and O–H groups in total. The van der Waals surface area contributed by atoms with Gasteiger partial charge in [-0.15, -0.1) is 0 Å². The van der Waals surface area contributed by atoms with E-state index >= 15 is 0 Å². The van der Waals surface area contributed by atoms with Crippen molar-refractivity contribution in [2.75, 3.05) is 26.1 Å². The van der Waals surface area contributed by atoms with E-state index in [1.807, 2.05) is 12.1 Å². The van der Waals surface area contributed by atoms with Crippen LogP contribution in [0.2, 0.25) is 0 Å². The summed E-state index contributed by atoms with van der Waals surface area (Å²) in [5, 5.41) is 2.86. The van der Waals surface area contributed by atoms with Crippen molar-refractivity contribution in [2.24, 2.45) is 5.92 Å². The van der Waals surface area contributed by atoms with Gasteiger partial charge in [0.25, 0.3) is 5.91 Å². The maximum absolute atomic E-state index is 12.5. The van der Waals surface area contributed by atoms with Gasteiger partial charge in [-0.25, -0.2) is 0 Å². The topological polar surface area (TPSA) is 56.8 Å². The summed E-state index contributed by atoms with van der Waals surface area (Å²) in [6.45, 7) is 4.94. The molecule has 1 amide bonds. The summed E-state index contributed by atoms with van der Waals surface area (Å²) in [5.41, 5.74) is 1.17. The molecule has 0 aliphatic carbocycles. The second-order valence-electron chi connectivity index (χ2n) is 6.08. The first-order valence-corrected chi connectivity index (χ1v) is 8.29. The number of methoxy groups -OCH3 is 2. The Morgan fingerprint density at radius 3 is 2.48 bits per heavy atom. The molecule has 5 nitrogen and oxygen atoms in total. The molecule has 0 atom stereocenters. The fourth-order valence-electron chi connectivity index (χ4n) is 2.26. The number of hydrogen-bond donors (Lipinski definition) is 1. The lowest BCUT2D eigenvalue weighted by molar-refractivity contribution is 0.102. The van der Waals surface area contributed by atoms with Crippen molar-refractivity contribution in [3.63, 3.8) is 0 Å². The third-order valence-corrected chi connectivity index (χ3v) is 3.70. The predicted molar refractivity (Wildman–Crippen MR) is 98.9 cm³/mol. The molecule has 0 saturated carbocycles. The number of hydrogen-bond acceptors (Lipinski definition) is 4. The molecule has 2 rings (SSSR count). The molecule has 5 heteroatoms. The molecule has 0 unspecified atom stereocenters. The van der Waals surface area contributed by atoms with E-state index in [1.165, 1.54) is 0 Å². The molecule has 0 aromatic heterocycles. The number of nitrogens with one attached hydrogen (secondary N) is 1. The zero-order chi connectivity index (χ0) is 18.2. The van der Waals surface area contributed by atoms with Crippen LogP contribution in [0.5, 0.6) is 17.2 Å². The Labute approximate surface area is 148 Å². The Hall–Kier alpha value is -2.69. The molecule has 25 heavy (non-hydrogen) atoms. The molecule has 0 aliphatic rings. The molecule has 0 heterocycles. The third kappa shape index (κ3) is 5.41. The van der Waals surface area contributed by atoms with Gasteiger partial charge in [0.2, 0.25) is 0 Å². The average molecular weight is 343 g/mol. The number of anilines is 1. The highest BCUT2D eigenvalue weighted by molar-refractivity contribution is 6.04. The van der Waals surface area contributed by atoms with Gasteiger partial charge in [-0.1, -0.05) is 19.9 Å². The van der Waals surface area contributed by atoms with Gasteiger partial charge >= 0.3 is 0 Å². The summed E-state index contributed by atoms with van der Waals surface area (Å²) in [7, 11) is 3.13. The third-order valence-electron chi connectivity index (χ3n) is 3.70. The normalized spacial score (nSPS) is 10.4. The standard InChI is InChI=1S/C20H25NO4/c1-14(2)10-11-25-17-7-5-6-15(12-17)20(22)21-16-8-9-18(23-3)19(13-16)24-4/h5-9,12-14H,10-11H2,1-4H3,(H,21,22). The maximum Gasteiger partial charge on any atom is 0.255 e. The number of carbonyl (C=O) groups is 1. The summed E-state index contributed by atoms with van der Waals surface area (Å²) in [4.78, 5) is 12.5. The van der Waals surface area contributed by atoms with Crippen LogP contribution in [0.1, 0.15) is 30.6 Å². The van der Waals surface area contributed by atoms with Crippen molar-refractivity contribution < 1.29 is 19.0 Å². The lowest BCUT2D eigenvalue weighted by Crippen LogP contribution is -2.12. The van der Waals surface area contributed by atoms with Gasteiger partial charge in [0.1, 0.15) is 5.75 Å². The fraction of sp³-hybridized carbons (Fsp3) is 0.350. The van der Waals surface area contributed by atoms with Crippen LogP contribution >= 0.6 is 0 Å². The Bertz CT molecular complexity index is 713. The summed E-state index contributed by atoms with van der Waals surface area (Å²) in [6, 6.07) is 12.4. The highest BCUT2D eigenvalue weighted by Crippen LogP contribution is 2.30. The number of amides is 1. The van der Waals surface area contributed by atoms with Crippen molar-refractivity contribution in [1.29, 1.82) is 0 Å². The van der Waals surface area contributed by atoms with Crippen LogP contribution in [0.15, 0.2) is 42.5 Å². The lowest BCUT2D eigenvalue weighted by atomic mass is 10.1. The van der Waals surface area contributed by atoms with E-state index < -0.39 is 0 Å². The van der Waals surface area contributed by atoms with Crippen LogP contribution in [0.25, 0.3) is 0 Å². The second kappa shape index (κ2) is 8.97. The van der Waals surface area contributed by atoms with Gasteiger partial charge in [0.05, 0.1) is 20.8 Å². The summed E-state index contributed by atoms with van der Waals surface area (Å²) < 4.78 is 16.2. The molecular weight excluding hydrogens is 318 g/mol. The largest absolute Gasteiger partial charge is 0.494 e. The first-order chi connectivity index (χ1) is 12.0. The first kappa shape index (κ1) is 18.6. The first-order valence-electron chi connectivity index (χ1n) is 8.29. The van der Waals surface area contributed by atoms with Crippen LogP contribution in [0, 0.1) is 5.92 Å². The van der Waals surface area contributed by atoms with Crippen LogP contribution in [0.4, 0.5) is 5.69 Å². The van der Waals surface area contributed by atoms with Gasteiger partial charge in [-0.2, -0.15) is 0 Å². The SMILES string of the molecule is COc1ccc(NC(=O)c2cccc(OCCC(C)C)c2)cc1OC. The van der Waals surface area contributed by atoms with E-state index in [0.29, 0.717) is 41.0 Å². The molecule has 0 bridgehead atoms. The Morgan fingerprint density at radius 2 is 1.80 bits per heavy atom. The van der Waals surface area contributed by atoms with Crippen molar-refractivity contribution in [3.8, 4) is 17.2 Å². The number of carbonyl (C=O) groups excluding carboxylic acids is 1. The van der Waals surface area contributed by atoms with E-state index in [2.05, 4.69) is 19.2 Å². The molecule has 0 radical (unpaired) electrons. The molecule has 0 saturated heterocycles.